The van der Waals surface area contributed by atoms with Gasteiger partial charge in [-0.2, -0.15) is 0 Å². The van der Waals surface area contributed by atoms with Crippen LogP contribution in [-0.4, -0.2) is 12.1 Å². The number of hydrogen-bond acceptors (Lipinski definition) is 1. The smallest absolute Gasteiger partial charge is 0.00967 e. The Balaban J connectivity index is 2.69. The van der Waals surface area contributed by atoms with Crippen molar-refractivity contribution in [2.75, 3.05) is 6.54 Å². The lowest BCUT2D eigenvalue weighted by Gasteiger charge is -2.24. The summed E-state index contributed by atoms with van der Waals surface area (Å²) in [7, 11) is 0. The van der Waals surface area contributed by atoms with Crippen LogP contribution < -0.4 is 5.32 Å². The van der Waals surface area contributed by atoms with E-state index in [1.165, 1.54) is 16.7 Å². The molecule has 1 aromatic carbocycles. The quantitative estimate of drug-likeness (QED) is 0.815. The van der Waals surface area contributed by atoms with Crippen LogP contribution in [0, 0.1) is 13.8 Å². The number of aryl methyl sites for hydroxylation is 2. The molecular weight excluding hydrogens is 194 g/mol. The molecule has 1 unspecified atom stereocenters. The van der Waals surface area contributed by atoms with Crippen LogP contribution in [-0.2, 0) is 0 Å². The fourth-order valence-electron chi connectivity index (χ4n) is 1.87. The van der Waals surface area contributed by atoms with E-state index < -0.39 is 0 Å². The molecule has 0 aliphatic heterocycles. The Bertz CT molecular complexity index is 327. The van der Waals surface area contributed by atoms with Crippen molar-refractivity contribution >= 4 is 0 Å². The molecule has 0 bridgehead atoms. The lowest BCUT2D eigenvalue weighted by molar-refractivity contribution is 0.412. The van der Waals surface area contributed by atoms with E-state index in [1.807, 2.05) is 0 Å². The fraction of sp³-hybridized carbons (Fsp3) is 0.600. The van der Waals surface area contributed by atoms with Gasteiger partial charge in [-0.25, -0.2) is 0 Å². The van der Waals surface area contributed by atoms with Crippen molar-refractivity contribution in [2.24, 2.45) is 0 Å². The molecular formula is C15H25N. The summed E-state index contributed by atoms with van der Waals surface area (Å²) in [5, 5.41) is 3.56. The summed E-state index contributed by atoms with van der Waals surface area (Å²) in [6.45, 7) is 14.3. The zero-order valence-corrected chi connectivity index (χ0v) is 11.5. The topological polar surface area (TPSA) is 12.0 Å². The molecule has 0 aromatic heterocycles. The first-order valence-corrected chi connectivity index (χ1v) is 6.11. The van der Waals surface area contributed by atoms with Crippen LogP contribution in [0.5, 0.6) is 0 Å². The predicted octanol–water partition coefficient (Wildman–Crippen LogP) is 3.80. The third-order valence-corrected chi connectivity index (χ3v) is 2.75. The van der Waals surface area contributed by atoms with E-state index >= 15 is 0 Å². The average molecular weight is 219 g/mol. The Kier molecular flexibility index (Phi) is 4.15. The average Bonchev–Trinajstić information content (AvgIpc) is 2.11. The summed E-state index contributed by atoms with van der Waals surface area (Å²) in [5.41, 5.74) is 4.36. The zero-order chi connectivity index (χ0) is 12.3. The highest BCUT2D eigenvalue weighted by Gasteiger charge is 2.12. The molecule has 16 heavy (non-hydrogen) atoms. The van der Waals surface area contributed by atoms with Crippen molar-refractivity contribution in [1.82, 2.24) is 5.32 Å². The van der Waals surface area contributed by atoms with E-state index in [0.717, 1.165) is 6.54 Å². The summed E-state index contributed by atoms with van der Waals surface area (Å²) in [5.74, 6) is 0.567. The molecule has 1 atom stereocenters. The minimum atomic E-state index is 0.202. The highest BCUT2D eigenvalue weighted by Crippen LogP contribution is 2.18. The van der Waals surface area contributed by atoms with Crippen LogP contribution in [0.15, 0.2) is 18.2 Å². The highest BCUT2D eigenvalue weighted by atomic mass is 14.9. The molecule has 90 valence electrons. The first-order chi connectivity index (χ1) is 7.28. The second kappa shape index (κ2) is 5.01. The molecule has 0 radical (unpaired) electrons. The summed E-state index contributed by atoms with van der Waals surface area (Å²) >= 11 is 0. The predicted molar refractivity (Wildman–Crippen MR) is 72.1 cm³/mol. The fourth-order valence-corrected chi connectivity index (χ4v) is 1.87. The Morgan fingerprint density at radius 3 is 2.00 bits per heavy atom. The first kappa shape index (κ1) is 13.2. The van der Waals surface area contributed by atoms with Crippen molar-refractivity contribution in [3.05, 3.63) is 34.9 Å². The highest BCUT2D eigenvalue weighted by molar-refractivity contribution is 5.30. The minimum Gasteiger partial charge on any atom is -0.311 e. The SMILES string of the molecule is Cc1cc(C)cc(C(C)CNC(C)(C)C)c1. The van der Waals surface area contributed by atoms with Gasteiger partial charge in [-0.15, -0.1) is 0 Å². The maximum atomic E-state index is 3.56. The van der Waals surface area contributed by atoms with E-state index in [4.69, 9.17) is 0 Å². The Morgan fingerprint density at radius 2 is 1.56 bits per heavy atom. The molecule has 1 aromatic rings. The van der Waals surface area contributed by atoms with Gasteiger partial charge in [0.25, 0.3) is 0 Å². The molecule has 0 aliphatic rings. The zero-order valence-electron chi connectivity index (χ0n) is 11.5. The van der Waals surface area contributed by atoms with Gasteiger partial charge in [0.05, 0.1) is 0 Å². The molecule has 1 heteroatoms. The Morgan fingerprint density at radius 1 is 1.06 bits per heavy atom. The monoisotopic (exact) mass is 219 g/mol. The largest absolute Gasteiger partial charge is 0.311 e. The third kappa shape index (κ3) is 4.36. The normalized spacial score (nSPS) is 13.9. The van der Waals surface area contributed by atoms with Crippen LogP contribution >= 0.6 is 0 Å². The van der Waals surface area contributed by atoms with Gasteiger partial charge in [0.1, 0.15) is 0 Å². The number of nitrogens with one attached hydrogen (secondary N) is 1. The van der Waals surface area contributed by atoms with Gasteiger partial charge < -0.3 is 5.32 Å². The van der Waals surface area contributed by atoms with Gasteiger partial charge in [-0.1, -0.05) is 36.2 Å². The molecule has 0 saturated heterocycles. The van der Waals surface area contributed by atoms with Crippen LogP contribution in [0.25, 0.3) is 0 Å². The molecule has 1 N–H and O–H groups in total. The van der Waals surface area contributed by atoms with E-state index in [-0.39, 0.29) is 5.54 Å². The van der Waals surface area contributed by atoms with Gasteiger partial charge >= 0.3 is 0 Å². The Labute approximate surface area is 100 Å². The second-order valence-corrected chi connectivity index (χ2v) is 5.95. The van der Waals surface area contributed by atoms with Gasteiger partial charge in [-0.3, -0.25) is 0 Å². The molecule has 1 rings (SSSR count). The molecule has 0 spiro atoms. The molecule has 0 amide bonds. The minimum absolute atomic E-state index is 0.202. The van der Waals surface area contributed by atoms with Crippen LogP contribution in [0.1, 0.15) is 50.3 Å². The van der Waals surface area contributed by atoms with Crippen LogP contribution in [0.4, 0.5) is 0 Å². The molecule has 0 saturated carbocycles. The first-order valence-electron chi connectivity index (χ1n) is 6.11. The van der Waals surface area contributed by atoms with Crippen LogP contribution in [0.2, 0.25) is 0 Å². The van der Waals surface area contributed by atoms with E-state index in [9.17, 15) is 0 Å². The lowest BCUT2D eigenvalue weighted by Crippen LogP contribution is -2.38. The van der Waals surface area contributed by atoms with Crippen molar-refractivity contribution in [2.45, 2.75) is 53.0 Å². The molecule has 0 fully saturated rings. The maximum Gasteiger partial charge on any atom is 0.00967 e. The van der Waals surface area contributed by atoms with E-state index in [0.29, 0.717) is 5.92 Å². The van der Waals surface area contributed by atoms with Crippen LogP contribution in [0.3, 0.4) is 0 Å². The third-order valence-electron chi connectivity index (χ3n) is 2.75. The van der Waals surface area contributed by atoms with Crippen molar-refractivity contribution in [3.8, 4) is 0 Å². The number of rotatable bonds is 3. The van der Waals surface area contributed by atoms with Crippen molar-refractivity contribution in [1.29, 1.82) is 0 Å². The van der Waals surface area contributed by atoms with E-state index in [2.05, 4.69) is 65.1 Å². The van der Waals surface area contributed by atoms with E-state index in [1.54, 1.807) is 0 Å². The maximum absolute atomic E-state index is 3.56. The van der Waals surface area contributed by atoms with Gasteiger partial charge in [-0.05, 0) is 46.1 Å². The van der Waals surface area contributed by atoms with Crippen molar-refractivity contribution < 1.29 is 0 Å². The standard InChI is InChI=1S/C15H25N/c1-11-7-12(2)9-14(8-11)13(3)10-16-15(4,5)6/h7-9,13,16H,10H2,1-6H3. The van der Waals surface area contributed by atoms with Gasteiger partial charge in [0.15, 0.2) is 0 Å². The summed E-state index contributed by atoms with van der Waals surface area (Å²) < 4.78 is 0. The Hall–Kier alpha value is -0.820. The van der Waals surface area contributed by atoms with Gasteiger partial charge in [0, 0.05) is 12.1 Å². The summed E-state index contributed by atoms with van der Waals surface area (Å²) in [6.07, 6.45) is 0. The molecule has 1 nitrogen and oxygen atoms in total. The summed E-state index contributed by atoms with van der Waals surface area (Å²) in [4.78, 5) is 0. The lowest BCUT2D eigenvalue weighted by atomic mass is 9.96. The van der Waals surface area contributed by atoms with Gasteiger partial charge in [0.2, 0.25) is 0 Å². The molecule has 0 aliphatic carbocycles. The molecule has 0 heterocycles. The number of benzene rings is 1. The summed E-state index contributed by atoms with van der Waals surface area (Å²) in [6, 6.07) is 6.82. The van der Waals surface area contributed by atoms with Crippen molar-refractivity contribution in [3.63, 3.8) is 0 Å². The second-order valence-electron chi connectivity index (χ2n) is 5.95. The number of hydrogen-bond donors (Lipinski definition) is 1.